The van der Waals surface area contributed by atoms with Gasteiger partial charge in [-0.05, 0) is 35.9 Å². The quantitative estimate of drug-likeness (QED) is 0.844. The number of anilines is 1. The zero-order valence-electron chi connectivity index (χ0n) is 10.9. The molecule has 0 spiro atoms. The van der Waals surface area contributed by atoms with Gasteiger partial charge in [-0.25, -0.2) is 0 Å². The van der Waals surface area contributed by atoms with Crippen molar-refractivity contribution in [2.45, 2.75) is 6.42 Å². The largest absolute Gasteiger partial charge is 0.326 e. The molecular formula is C18H13NO. The highest BCUT2D eigenvalue weighted by Gasteiger charge is 2.04. The number of carbonyl (C=O) groups excluding carboxylic acids is 1. The Morgan fingerprint density at radius 3 is 2.35 bits per heavy atom. The molecule has 0 aliphatic carbocycles. The number of terminal acetylenes is 2. The van der Waals surface area contributed by atoms with Gasteiger partial charge >= 0.3 is 0 Å². The Balaban J connectivity index is 2.05. The first-order valence-corrected chi connectivity index (χ1v) is 6.13. The third-order valence-corrected chi connectivity index (χ3v) is 2.77. The smallest absolute Gasteiger partial charge is 0.228 e. The number of hydrogen-bond acceptors (Lipinski definition) is 1. The fourth-order valence-corrected chi connectivity index (χ4v) is 1.85. The highest BCUT2D eigenvalue weighted by Crippen LogP contribution is 2.11. The first-order valence-electron chi connectivity index (χ1n) is 6.13. The van der Waals surface area contributed by atoms with E-state index in [2.05, 4.69) is 17.2 Å². The summed E-state index contributed by atoms with van der Waals surface area (Å²) < 4.78 is 0. The second-order valence-corrected chi connectivity index (χ2v) is 4.29. The van der Waals surface area contributed by atoms with Crippen LogP contribution in [-0.4, -0.2) is 5.91 Å². The first kappa shape index (κ1) is 13.5. The molecule has 0 bridgehead atoms. The van der Waals surface area contributed by atoms with E-state index in [0.717, 1.165) is 16.7 Å². The number of nitrogens with one attached hydrogen (secondary N) is 1. The van der Waals surface area contributed by atoms with Gasteiger partial charge in [-0.15, -0.1) is 12.8 Å². The normalized spacial score (nSPS) is 9.30. The second kappa shape index (κ2) is 6.27. The van der Waals surface area contributed by atoms with E-state index in [4.69, 9.17) is 12.8 Å². The van der Waals surface area contributed by atoms with Crippen LogP contribution < -0.4 is 5.32 Å². The summed E-state index contributed by atoms with van der Waals surface area (Å²) in [5, 5.41) is 2.82. The summed E-state index contributed by atoms with van der Waals surface area (Å²) in [4.78, 5) is 12.0. The van der Waals surface area contributed by atoms with Gasteiger partial charge in [0.05, 0.1) is 6.42 Å². The minimum atomic E-state index is -0.103. The molecule has 1 amide bonds. The molecule has 0 heterocycles. The molecule has 2 aromatic rings. The molecule has 0 aliphatic heterocycles. The number of rotatable bonds is 3. The Kier molecular flexibility index (Phi) is 4.22. The number of hydrogen-bond donors (Lipinski definition) is 1. The molecule has 96 valence electrons. The van der Waals surface area contributed by atoms with Crippen molar-refractivity contribution in [1.29, 1.82) is 0 Å². The lowest BCUT2D eigenvalue weighted by Gasteiger charge is -2.06. The minimum Gasteiger partial charge on any atom is -0.326 e. The summed E-state index contributed by atoms with van der Waals surface area (Å²) in [5.74, 6) is 4.98. The monoisotopic (exact) mass is 259 g/mol. The highest BCUT2D eigenvalue weighted by molar-refractivity contribution is 5.92. The van der Waals surface area contributed by atoms with E-state index < -0.39 is 0 Å². The molecular weight excluding hydrogens is 246 g/mol. The number of benzene rings is 2. The first-order chi connectivity index (χ1) is 9.71. The maximum absolute atomic E-state index is 12.0. The average Bonchev–Trinajstić information content (AvgIpc) is 2.47. The standard InChI is InChI=1S/C18H13NO/c1-3-14-7-5-9-16(11-14)13-18(20)19-17-10-6-8-15(4-2)12-17/h1-2,5-12H,13H2,(H,19,20). The van der Waals surface area contributed by atoms with Crippen LogP contribution in [0.1, 0.15) is 16.7 Å². The van der Waals surface area contributed by atoms with E-state index in [9.17, 15) is 4.79 Å². The van der Waals surface area contributed by atoms with Crippen LogP contribution in [0.4, 0.5) is 5.69 Å². The Hall–Kier alpha value is -2.97. The molecule has 2 rings (SSSR count). The molecule has 1 N–H and O–H groups in total. The topological polar surface area (TPSA) is 29.1 Å². The molecule has 0 aromatic heterocycles. The summed E-state index contributed by atoms with van der Waals surface area (Å²) in [6, 6.07) is 14.6. The Bertz CT molecular complexity index is 655. The van der Waals surface area contributed by atoms with Crippen molar-refractivity contribution >= 4 is 11.6 Å². The van der Waals surface area contributed by atoms with E-state index >= 15 is 0 Å². The van der Waals surface area contributed by atoms with Gasteiger partial charge in [-0.2, -0.15) is 0 Å². The van der Waals surface area contributed by atoms with Crippen molar-refractivity contribution in [3.8, 4) is 24.7 Å². The van der Waals surface area contributed by atoms with Gasteiger partial charge in [0.25, 0.3) is 0 Å². The Morgan fingerprint density at radius 1 is 1.00 bits per heavy atom. The molecule has 0 saturated carbocycles. The van der Waals surface area contributed by atoms with Crippen molar-refractivity contribution in [2.24, 2.45) is 0 Å². The van der Waals surface area contributed by atoms with E-state index in [1.807, 2.05) is 36.4 Å². The van der Waals surface area contributed by atoms with Crippen LogP contribution in [0.15, 0.2) is 48.5 Å². The van der Waals surface area contributed by atoms with E-state index in [1.165, 1.54) is 0 Å². The van der Waals surface area contributed by atoms with E-state index in [1.54, 1.807) is 12.1 Å². The summed E-state index contributed by atoms with van der Waals surface area (Å²) in [6.45, 7) is 0. The Morgan fingerprint density at radius 2 is 1.65 bits per heavy atom. The van der Waals surface area contributed by atoms with Crippen LogP contribution in [0.3, 0.4) is 0 Å². The van der Waals surface area contributed by atoms with Crippen LogP contribution in [0.5, 0.6) is 0 Å². The molecule has 0 aliphatic rings. The van der Waals surface area contributed by atoms with Crippen molar-refractivity contribution < 1.29 is 4.79 Å². The molecule has 0 saturated heterocycles. The number of carbonyl (C=O) groups is 1. The summed E-state index contributed by atoms with van der Waals surface area (Å²) >= 11 is 0. The third kappa shape index (κ3) is 3.51. The minimum absolute atomic E-state index is 0.103. The fraction of sp³-hybridized carbons (Fsp3) is 0.0556. The van der Waals surface area contributed by atoms with Gasteiger partial charge in [0, 0.05) is 16.8 Å². The second-order valence-electron chi connectivity index (χ2n) is 4.29. The van der Waals surface area contributed by atoms with Crippen LogP contribution in [0.2, 0.25) is 0 Å². The van der Waals surface area contributed by atoms with Crippen molar-refractivity contribution in [2.75, 3.05) is 5.32 Å². The number of amides is 1. The van der Waals surface area contributed by atoms with E-state index in [-0.39, 0.29) is 12.3 Å². The summed E-state index contributed by atoms with van der Waals surface area (Å²) in [6.07, 6.45) is 10.9. The van der Waals surface area contributed by atoms with Crippen LogP contribution in [-0.2, 0) is 11.2 Å². The van der Waals surface area contributed by atoms with Crippen LogP contribution in [0.25, 0.3) is 0 Å². The van der Waals surface area contributed by atoms with Crippen LogP contribution in [0, 0.1) is 24.7 Å². The predicted molar refractivity (Wildman–Crippen MR) is 81.1 cm³/mol. The van der Waals surface area contributed by atoms with Crippen LogP contribution >= 0.6 is 0 Å². The molecule has 0 radical (unpaired) electrons. The Labute approximate surface area is 118 Å². The van der Waals surface area contributed by atoms with Gasteiger partial charge < -0.3 is 5.32 Å². The maximum atomic E-state index is 12.0. The molecule has 2 aromatic carbocycles. The molecule has 2 nitrogen and oxygen atoms in total. The lowest BCUT2D eigenvalue weighted by atomic mass is 10.1. The summed E-state index contributed by atoms with van der Waals surface area (Å²) in [5.41, 5.74) is 3.08. The molecule has 0 atom stereocenters. The van der Waals surface area contributed by atoms with Crippen molar-refractivity contribution in [3.05, 3.63) is 65.2 Å². The fourth-order valence-electron chi connectivity index (χ4n) is 1.85. The lowest BCUT2D eigenvalue weighted by Crippen LogP contribution is -2.14. The molecule has 20 heavy (non-hydrogen) atoms. The predicted octanol–water partition coefficient (Wildman–Crippen LogP) is 2.83. The highest BCUT2D eigenvalue weighted by atomic mass is 16.1. The maximum Gasteiger partial charge on any atom is 0.228 e. The molecule has 0 unspecified atom stereocenters. The SMILES string of the molecule is C#Cc1cccc(CC(=O)Nc2cccc(C#C)c2)c1. The van der Waals surface area contributed by atoms with Gasteiger partial charge in [-0.1, -0.05) is 30.0 Å². The lowest BCUT2D eigenvalue weighted by molar-refractivity contribution is -0.115. The zero-order chi connectivity index (χ0) is 14.4. The van der Waals surface area contributed by atoms with Crippen molar-refractivity contribution in [1.82, 2.24) is 0 Å². The summed E-state index contributed by atoms with van der Waals surface area (Å²) in [7, 11) is 0. The third-order valence-electron chi connectivity index (χ3n) is 2.77. The van der Waals surface area contributed by atoms with Gasteiger partial charge in [0.2, 0.25) is 5.91 Å². The van der Waals surface area contributed by atoms with E-state index in [0.29, 0.717) is 5.69 Å². The average molecular weight is 259 g/mol. The zero-order valence-corrected chi connectivity index (χ0v) is 10.9. The van der Waals surface area contributed by atoms with Crippen molar-refractivity contribution in [3.63, 3.8) is 0 Å². The molecule has 2 heteroatoms. The van der Waals surface area contributed by atoms with Gasteiger partial charge in [0.15, 0.2) is 0 Å². The van der Waals surface area contributed by atoms with Gasteiger partial charge in [0.1, 0.15) is 0 Å². The molecule has 0 fully saturated rings. The van der Waals surface area contributed by atoms with Gasteiger partial charge in [-0.3, -0.25) is 4.79 Å².